The van der Waals surface area contributed by atoms with E-state index in [1.54, 1.807) is 0 Å². The Morgan fingerprint density at radius 1 is 1.29 bits per heavy atom. The summed E-state index contributed by atoms with van der Waals surface area (Å²) in [5, 5.41) is 2.80. The van der Waals surface area contributed by atoms with Gasteiger partial charge in [0.25, 0.3) is 0 Å². The van der Waals surface area contributed by atoms with Crippen LogP contribution in [0.4, 0.5) is 0 Å². The predicted molar refractivity (Wildman–Crippen MR) is 85.5 cm³/mol. The molecule has 0 aliphatic carbocycles. The van der Waals surface area contributed by atoms with E-state index in [1.807, 2.05) is 38.1 Å². The highest BCUT2D eigenvalue weighted by Crippen LogP contribution is 2.12. The van der Waals surface area contributed by atoms with Gasteiger partial charge in [0.2, 0.25) is 5.91 Å². The lowest BCUT2D eigenvalue weighted by molar-refractivity contribution is -0.122. The van der Waals surface area contributed by atoms with Gasteiger partial charge in [-0.05, 0) is 44.1 Å². The van der Waals surface area contributed by atoms with E-state index in [0.717, 1.165) is 25.3 Å². The molecule has 0 saturated carbocycles. The van der Waals surface area contributed by atoms with Gasteiger partial charge in [-0.15, -0.1) is 0 Å². The number of hydrogen-bond donors (Lipinski definition) is 2. The molecular formula is C16H27N3O2. The standard InChI is InChI=1S/C16H27N3O2/c1-3-18-16(20)13-19(4-2)11-12-21-15-7-5-14(6-8-15)9-10-17/h5-8H,3-4,9-13,17H2,1-2H3,(H,18,20). The zero-order chi connectivity index (χ0) is 15.5. The number of benzene rings is 1. The minimum atomic E-state index is 0.0606. The Balaban J connectivity index is 2.31. The fraction of sp³-hybridized carbons (Fsp3) is 0.562. The fourth-order valence-electron chi connectivity index (χ4n) is 2.02. The summed E-state index contributed by atoms with van der Waals surface area (Å²) in [6, 6.07) is 8.00. The Morgan fingerprint density at radius 3 is 2.57 bits per heavy atom. The first-order chi connectivity index (χ1) is 10.2. The Bertz CT molecular complexity index is 406. The van der Waals surface area contributed by atoms with Crippen LogP contribution in [-0.2, 0) is 11.2 Å². The number of nitrogens with two attached hydrogens (primary N) is 1. The van der Waals surface area contributed by atoms with Crippen molar-refractivity contribution in [3.05, 3.63) is 29.8 Å². The minimum absolute atomic E-state index is 0.0606. The molecule has 1 rings (SSSR count). The Hall–Kier alpha value is -1.59. The monoisotopic (exact) mass is 293 g/mol. The second kappa shape index (κ2) is 10.2. The molecule has 0 saturated heterocycles. The van der Waals surface area contributed by atoms with Gasteiger partial charge >= 0.3 is 0 Å². The number of ether oxygens (including phenoxy) is 1. The predicted octanol–water partition coefficient (Wildman–Crippen LogP) is 1.02. The zero-order valence-electron chi connectivity index (χ0n) is 13.1. The van der Waals surface area contributed by atoms with E-state index in [2.05, 4.69) is 10.2 Å². The highest BCUT2D eigenvalue weighted by molar-refractivity contribution is 5.77. The van der Waals surface area contributed by atoms with Gasteiger partial charge in [-0.25, -0.2) is 0 Å². The summed E-state index contributed by atoms with van der Waals surface area (Å²) in [7, 11) is 0. The molecule has 5 heteroatoms. The lowest BCUT2D eigenvalue weighted by atomic mass is 10.1. The van der Waals surface area contributed by atoms with Crippen molar-refractivity contribution in [3.8, 4) is 5.75 Å². The maximum atomic E-state index is 11.5. The van der Waals surface area contributed by atoms with Gasteiger partial charge in [0.05, 0.1) is 6.54 Å². The number of rotatable bonds is 10. The van der Waals surface area contributed by atoms with Crippen LogP contribution in [0.2, 0.25) is 0 Å². The molecule has 0 aliphatic heterocycles. The number of nitrogens with zero attached hydrogens (tertiary/aromatic N) is 1. The third-order valence-corrected chi connectivity index (χ3v) is 3.22. The summed E-state index contributed by atoms with van der Waals surface area (Å²) >= 11 is 0. The molecule has 0 aliphatic rings. The summed E-state index contributed by atoms with van der Waals surface area (Å²) in [6.07, 6.45) is 0.885. The van der Waals surface area contributed by atoms with Gasteiger partial charge in [0.1, 0.15) is 12.4 Å². The normalized spacial score (nSPS) is 10.7. The van der Waals surface area contributed by atoms with Crippen molar-refractivity contribution in [3.63, 3.8) is 0 Å². The van der Waals surface area contributed by atoms with Crippen LogP contribution in [0.3, 0.4) is 0 Å². The largest absolute Gasteiger partial charge is 0.492 e. The topological polar surface area (TPSA) is 67.6 Å². The molecule has 0 radical (unpaired) electrons. The molecule has 0 aromatic heterocycles. The molecule has 0 bridgehead atoms. The number of carbonyl (C=O) groups excluding carboxylic acids is 1. The van der Waals surface area contributed by atoms with E-state index >= 15 is 0 Å². The molecule has 1 amide bonds. The van der Waals surface area contributed by atoms with Crippen LogP contribution in [0.1, 0.15) is 19.4 Å². The summed E-state index contributed by atoms with van der Waals surface area (Å²) in [6.45, 7) is 7.85. The van der Waals surface area contributed by atoms with E-state index in [1.165, 1.54) is 5.56 Å². The van der Waals surface area contributed by atoms with E-state index in [4.69, 9.17) is 10.5 Å². The maximum Gasteiger partial charge on any atom is 0.234 e. The van der Waals surface area contributed by atoms with Crippen molar-refractivity contribution >= 4 is 5.91 Å². The van der Waals surface area contributed by atoms with E-state index in [9.17, 15) is 4.79 Å². The van der Waals surface area contributed by atoms with Gasteiger partial charge in [-0.1, -0.05) is 19.1 Å². The van der Waals surface area contributed by atoms with Gasteiger partial charge in [-0.2, -0.15) is 0 Å². The molecule has 21 heavy (non-hydrogen) atoms. The smallest absolute Gasteiger partial charge is 0.234 e. The molecule has 1 aromatic carbocycles. The van der Waals surface area contributed by atoms with Gasteiger partial charge in [0.15, 0.2) is 0 Å². The first-order valence-corrected chi connectivity index (χ1v) is 7.60. The highest BCUT2D eigenvalue weighted by Gasteiger charge is 2.08. The average molecular weight is 293 g/mol. The Morgan fingerprint density at radius 2 is 2.00 bits per heavy atom. The van der Waals surface area contributed by atoms with Gasteiger partial charge in [-0.3, -0.25) is 9.69 Å². The maximum absolute atomic E-state index is 11.5. The highest BCUT2D eigenvalue weighted by atomic mass is 16.5. The van der Waals surface area contributed by atoms with Crippen LogP contribution < -0.4 is 15.8 Å². The summed E-state index contributed by atoms with van der Waals surface area (Å²) in [4.78, 5) is 13.6. The Labute approximate surface area is 127 Å². The first-order valence-electron chi connectivity index (χ1n) is 7.60. The second-order valence-electron chi connectivity index (χ2n) is 4.85. The molecule has 3 N–H and O–H groups in total. The summed E-state index contributed by atoms with van der Waals surface area (Å²) in [5.41, 5.74) is 6.74. The zero-order valence-corrected chi connectivity index (χ0v) is 13.1. The van der Waals surface area contributed by atoms with Crippen molar-refractivity contribution in [2.75, 3.05) is 39.3 Å². The lowest BCUT2D eigenvalue weighted by Gasteiger charge is -2.19. The molecule has 5 nitrogen and oxygen atoms in total. The molecule has 0 spiro atoms. The molecule has 1 aromatic rings. The molecule has 0 fully saturated rings. The minimum Gasteiger partial charge on any atom is -0.492 e. The first kappa shape index (κ1) is 17.5. The summed E-state index contributed by atoms with van der Waals surface area (Å²) < 4.78 is 5.71. The average Bonchev–Trinajstić information content (AvgIpc) is 2.48. The van der Waals surface area contributed by atoms with E-state index < -0.39 is 0 Å². The van der Waals surface area contributed by atoms with E-state index in [-0.39, 0.29) is 5.91 Å². The van der Waals surface area contributed by atoms with Crippen LogP contribution in [-0.4, -0.2) is 50.1 Å². The van der Waals surface area contributed by atoms with Crippen LogP contribution in [0.5, 0.6) is 5.75 Å². The van der Waals surface area contributed by atoms with Crippen molar-refractivity contribution in [1.29, 1.82) is 0 Å². The Kier molecular flexibility index (Phi) is 8.47. The lowest BCUT2D eigenvalue weighted by Crippen LogP contribution is -2.38. The number of likely N-dealkylation sites (N-methyl/N-ethyl adjacent to an activating group) is 2. The van der Waals surface area contributed by atoms with Crippen LogP contribution in [0.25, 0.3) is 0 Å². The number of amides is 1. The SMILES string of the molecule is CCNC(=O)CN(CC)CCOc1ccc(CCN)cc1. The summed E-state index contributed by atoms with van der Waals surface area (Å²) in [5.74, 6) is 0.912. The third-order valence-electron chi connectivity index (χ3n) is 3.22. The van der Waals surface area contributed by atoms with E-state index in [0.29, 0.717) is 26.2 Å². The number of carbonyl (C=O) groups is 1. The van der Waals surface area contributed by atoms with Crippen LogP contribution >= 0.6 is 0 Å². The molecule has 118 valence electrons. The molecular weight excluding hydrogens is 266 g/mol. The third kappa shape index (κ3) is 7.11. The van der Waals surface area contributed by atoms with Crippen molar-refractivity contribution in [1.82, 2.24) is 10.2 Å². The van der Waals surface area contributed by atoms with Crippen LogP contribution in [0.15, 0.2) is 24.3 Å². The van der Waals surface area contributed by atoms with Gasteiger partial charge < -0.3 is 15.8 Å². The van der Waals surface area contributed by atoms with Crippen molar-refractivity contribution in [2.24, 2.45) is 5.73 Å². The van der Waals surface area contributed by atoms with Gasteiger partial charge in [0, 0.05) is 13.1 Å². The van der Waals surface area contributed by atoms with Crippen molar-refractivity contribution < 1.29 is 9.53 Å². The molecule has 0 atom stereocenters. The second-order valence-corrected chi connectivity index (χ2v) is 4.85. The number of nitrogens with one attached hydrogen (secondary N) is 1. The van der Waals surface area contributed by atoms with Crippen LogP contribution in [0, 0.1) is 0 Å². The molecule has 0 heterocycles. The quantitative estimate of drug-likeness (QED) is 0.676. The fourth-order valence-corrected chi connectivity index (χ4v) is 2.02. The van der Waals surface area contributed by atoms with Crippen molar-refractivity contribution in [2.45, 2.75) is 20.3 Å². The number of hydrogen-bond acceptors (Lipinski definition) is 4. The molecule has 0 unspecified atom stereocenters.